The lowest BCUT2D eigenvalue weighted by molar-refractivity contribution is -0.127. The van der Waals surface area contributed by atoms with Crippen molar-refractivity contribution in [3.63, 3.8) is 0 Å². The minimum Gasteiger partial charge on any atom is -0.378 e. The van der Waals surface area contributed by atoms with Gasteiger partial charge in [0.25, 0.3) is 0 Å². The molecule has 15 heavy (non-hydrogen) atoms. The van der Waals surface area contributed by atoms with Crippen molar-refractivity contribution in [1.82, 2.24) is 5.32 Å². The largest absolute Gasteiger partial charge is 0.378 e. The first-order valence-corrected chi connectivity index (χ1v) is 6.24. The van der Waals surface area contributed by atoms with Crippen LogP contribution < -0.4 is 5.32 Å². The van der Waals surface area contributed by atoms with Gasteiger partial charge in [0.05, 0.1) is 36.1 Å². The van der Waals surface area contributed by atoms with E-state index in [1.54, 1.807) is 0 Å². The van der Waals surface area contributed by atoms with Crippen LogP contribution >= 0.6 is 15.9 Å². The summed E-state index contributed by atoms with van der Waals surface area (Å²) in [5.74, 6) is 0.102. The Balaban J connectivity index is 1.86. The van der Waals surface area contributed by atoms with E-state index in [1.165, 1.54) is 0 Å². The molecule has 2 saturated heterocycles. The number of halogens is 1. The highest BCUT2D eigenvalue weighted by atomic mass is 79.9. The van der Waals surface area contributed by atoms with Crippen LogP contribution in [0.4, 0.5) is 0 Å². The van der Waals surface area contributed by atoms with Gasteiger partial charge in [-0.1, -0.05) is 15.9 Å². The van der Waals surface area contributed by atoms with Crippen molar-refractivity contribution in [2.24, 2.45) is 5.92 Å². The van der Waals surface area contributed by atoms with Gasteiger partial charge in [0.1, 0.15) is 0 Å². The number of alkyl halides is 1. The molecule has 2 aliphatic heterocycles. The third-order valence-corrected chi connectivity index (χ3v) is 3.95. The maximum Gasteiger partial charge on any atom is 0.226 e. The fourth-order valence-electron chi connectivity index (χ4n) is 2.03. The number of ether oxygens (including phenoxy) is 2. The molecule has 0 aliphatic carbocycles. The van der Waals surface area contributed by atoms with Crippen LogP contribution in [0.1, 0.15) is 13.3 Å². The molecule has 4 atom stereocenters. The van der Waals surface area contributed by atoms with Crippen LogP contribution in [0.3, 0.4) is 0 Å². The van der Waals surface area contributed by atoms with E-state index in [2.05, 4.69) is 21.2 Å². The Morgan fingerprint density at radius 2 is 2.27 bits per heavy atom. The number of hydrogen-bond donors (Lipinski definition) is 1. The lowest BCUT2D eigenvalue weighted by atomic mass is 10.0. The fraction of sp³-hybridized carbons (Fsp3) is 0.900. The van der Waals surface area contributed by atoms with E-state index >= 15 is 0 Å². The minimum absolute atomic E-state index is 0.00491. The number of hydrogen-bond acceptors (Lipinski definition) is 3. The van der Waals surface area contributed by atoms with Crippen LogP contribution in [-0.2, 0) is 14.3 Å². The molecule has 4 unspecified atom stereocenters. The highest BCUT2D eigenvalue weighted by Crippen LogP contribution is 2.22. The van der Waals surface area contributed by atoms with E-state index in [0.29, 0.717) is 19.8 Å². The summed E-state index contributed by atoms with van der Waals surface area (Å²) in [5, 5.41) is 3.01. The molecule has 0 saturated carbocycles. The zero-order chi connectivity index (χ0) is 10.8. The molecular formula is C10H16BrNO3. The molecule has 0 aromatic heterocycles. The Kier molecular flexibility index (Phi) is 3.64. The number of rotatable bonds is 2. The normalized spacial score (nSPS) is 40.7. The second kappa shape index (κ2) is 4.80. The summed E-state index contributed by atoms with van der Waals surface area (Å²) in [6.45, 7) is 3.91. The van der Waals surface area contributed by atoms with Crippen molar-refractivity contribution in [1.29, 1.82) is 0 Å². The Labute approximate surface area is 97.8 Å². The Morgan fingerprint density at radius 3 is 2.80 bits per heavy atom. The van der Waals surface area contributed by atoms with E-state index in [0.717, 1.165) is 6.42 Å². The third-order valence-electron chi connectivity index (χ3n) is 3.05. The molecule has 2 heterocycles. The summed E-state index contributed by atoms with van der Waals surface area (Å²) in [6.07, 6.45) is 0.870. The third kappa shape index (κ3) is 2.52. The van der Waals surface area contributed by atoms with Crippen molar-refractivity contribution < 1.29 is 14.3 Å². The van der Waals surface area contributed by atoms with Crippen molar-refractivity contribution >= 4 is 21.8 Å². The van der Waals surface area contributed by atoms with Crippen LogP contribution in [0.5, 0.6) is 0 Å². The Hall–Kier alpha value is -0.130. The molecule has 5 heteroatoms. The smallest absolute Gasteiger partial charge is 0.226 e. The van der Waals surface area contributed by atoms with Crippen LogP contribution in [0.15, 0.2) is 0 Å². The zero-order valence-electron chi connectivity index (χ0n) is 8.74. The van der Waals surface area contributed by atoms with E-state index in [1.807, 2.05) is 6.92 Å². The van der Waals surface area contributed by atoms with Crippen LogP contribution in [0.25, 0.3) is 0 Å². The van der Waals surface area contributed by atoms with Gasteiger partial charge in [-0.3, -0.25) is 4.79 Å². The van der Waals surface area contributed by atoms with Crippen molar-refractivity contribution in [3.8, 4) is 0 Å². The van der Waals surface area contributed by atoms with Crippen molar-refractivity contribution in [2.75, 3.05) is 19.8 Å². The first kappa shape index (κ1) is 11.4. The maximum atomic E-state index is 11.9. The molecule has 86 valence electrons. The summed E-state index contributed by atoms with van der Waals surface area (Å²) < 4.78 is 10.6. The predicted octanol–water partition coefficient (Wildman–Crippen LogP) is 0.690. The summed E-state index contributed by atoms with van der Waals surface area (Å²) in [7, 11) is 0. The second-order valence-electron chi connectivity index (χ2n) is 4.14. The monoisotopic (exact) mass is 277 g/mol. The summed E-state index contributed by atoms with van der Waals surface area (Å²) in [5.41, 5.74) is 0. The summed E-state index contributed by atoms with van der Waals surface area (Å²) >= 11 is 3.49. The lowest BCUT2D eigenvalue weighted by Gasteiger charge is -2.19. The Morgan fingerprint density at radius 1 is 1.47 bits per heavy atom. The van der Waals surface area contributed by atoms with Gasteiger partial charge in [-0.05, 0) is 13.3 Å². The Bertz CT molecular complexity index is 249. The standard InChI is InChI=1S/C10H16BrNO3/c1-6-7(2-3-15-6)10(13)12-9-5-14-4-8(9)11/h6-9H,2-5H2,1H3,(H,12,13). The molecule has 2 aliphatic rings. The van der Waals surface area contributed by atoms with Crippen LogP contribution in [-0.4, -0.2) is 42.7 Å². The number of carbonyl (C=O) groups excluding carboxylic acids is 1. The van der Waals surface area contributed by atoms with Gasteiger partial charge >= 0.3 is 0 Å². The zero-order valence-corrected chi connectivity index (χ0v) is 10.3. The predicted molar refractivity (Wildman–Crippen MR) is 59.0 cm³/mol. The SMILES string of the molecule is CC1OCCC1C(=O)NC1COCC1Br. The van der Waals surface area contributed by atoms with Gasteiger partial charge in [0.15, 0.2) is 0 Å². The van der Waals surface area contributed by atoms with Gasteiger partial charge in [0.2, 0.25) is 5.91 Å². The first-order chi connectivity index (χ1) is 7.18. The number of carbonyl (C=O) groups is 1. The molecule has 0 spiro atoms. The molecule has 0 radical (unpaired) electrons. The summed E-state index contributed by atoms with van der Waals surface area (Å²) in [4.78, 5) is 12.1. The first-order valence-electron chi connectivity index (χ1n) is 5.32. The van der Waals surface area contributed by atoms with E-state index in [9.17, 15) is 4.79 Å². The van der Waals surface area contributed by atoms with Gasteiger partial charge in [0, 0.05) is 6.61 Å². The fourth-order valence-corrected chi connectivity index (χ4v) is 2.50. The van der Waals surface area contributed by atoms with Crippen molar-refractivity contribution in [3.05, 3.63) is 0 Å². The lowest BCUT2D eigenvalue weighted by Crippen LogP contribution is -2.44. The molecule has 1 N–H and O–H groups in total. The van der Waals surface area contributed by atoms with Gasteiger partial charge in [-0.15, -0.1) is 0 Å². The number of nitrogens with one attached hydrogen (secondary N) is 1. The molecule has 0 bridgehead atoms. The van der Waals surface area contributed by atoms with Crippen LogP contribution in [0, 0.1) is 5.92 Å². The van der Waals surface area contributed by atoms with E-state index in [-0.39, 0.29) is 28.8 Å². The van der Waals surface area contributed by atoms with Gasteiger partial charge in [-0.25, -0.2) is 0 Å². The number of amides is 1. The van der Waals surface area contributed by atoms with Gasteiger partial charge < -0.3 is 14.8 Å². The highest BCUT2D eigenvalue weighted by Gasteiger charge is 2.34. The maximum absolute atomic E-state index is 11.9. The van der Waals surface area contributed by atoms with E-state index in [4.69, 9.17) is 9.47 Å². The average molecular weight is 278 g/mol. The van der Waals surface area contributed by atoms with Crippen molar-refractivity contribution in [2.45, 2.75) is 30.3 Å². The molecule has 4 nitrogen and oxygen atoms in total. The molecular weight excluding hydrogens is 262 g/mol. The molecule has 2 rings (SSSR count). The topological polar surface area (TPSA) is 47.6 Å². The minimum atomic E-state index is 0.00491. The summed E-state index contributed by atoms with van der Waals surface area (Å²) in [6, 6.07) is 0.102. The highest BCUT2D eigenvalue weighted by molar-refractivity contribution is 9.09. The van der Waals surface area contributed by atoms with Crippen LogP contribution in [0.2, 0.25) is 0 Å². The average Bonchev–Trinajstić information content (AvgIpc) is 2.76. The molecule has 2 fully saturated rings. The second-order valence-corrected chi connectivity index (χ2v) is 5.32. The van der Waals surface area contributed by atoms with Gasteiger partial charge in [-0.2, -0.15) is 0 Å². The van der Waals surface area contributed by atoms with E-state index < -0.39 is 0 Å². The molecule has 1 amide bonds. The quantitative estimate of drug-likeness (QED) is 0.756. The molecule has 0 aromatic carbocycles. The molecule has 0 aromatic rings.